The van der Waals surface area contributed by atoms with Gasteiger partial charge in [-0.2, -0.15) is 0 Å². The predicted molar refractivity (Wildman–Crippen MR) is 82.8 cm³/mol. The second-order valence-electron chi connectivity index (χ2n) is 6.01. The van der Waals surface area contributed by atoms with Gasteiger partial charge in [0.25, 0.3) is 5.56 Å². The van der Waals surface area contributed by atoms with Crippen LogP contribution in [0.3, 0.4) is 0 Å². The second kappa shape index (κ2) is 5.94. The van der Waals surface area contributed by atoms with E-state index >= 15 is 0 Å². The predicted octanol–water partition coefficient (Wildman–Crippen LogP) is 2.06. The van der Waals surface area contributed by atoms with Crippen molar-refractivity contribution in [1.29, 1.82) is 0 Å². The Kier molecular flexibility index (Phi) is 4.00. The number of carbonyl (C=O) groups excluding carboxylic acids is 1. The Morgan fingerprint density at radius 2 is 2.14 bits per heavy atom. The maximum Gasteiger partial charge on any atom is 0.264 e. The number of nitrogens with one attached hydrogen (secondary N) is 1. The van der Waals surface area contributed by atoms with E-state index < -0.39 is 0 Å². The Morgan fingerprint density at radius 3 is 2.86 bits per heavy atom. The SMILES string of the molecule is Cc1oc2ncn(CCC(=O)NC3CCCC3)c(=O)c2c1C. The van der Waals surface area contributed by atoms with Crippen molar-refractivity contribution in [2.45, 2.75) is 58.5 Å². The first-order valence-electron chi connectivity index (χ1n) is 7.81. The first-order chi connectivity index (χ1) is 10.6. The van der Waals surface area contributed by atoms with Crippen LogP contribution in [-0.4, -0.2) is 21.5 Å². The summed E-state index contributed by atoms with van der Waals surface area (Å²) in [5.74, 6) is 0.704. The quantitative estimate of drug-likeness (QED) is 0.938. The van der Waals surface area contributed by atoms with Crippen LogP contribution >= 0.6 is 0 Å². The third kappa shape index (κ3) is 2.77. The molecule has 0 spiro atoms. The molecule has 0 bridgehead atoms. The molecule has 0 atom stereocenters. The highest BCUT2D eigenvalue weighted by molar-refractivity contribution is 5.78. The molecule has 6 heteroatoms. The molecule has 0 unspecified atom stereocenters. The molecular formula is C16H21N3O3. The van der Waals surface area contributed by atoms with E-state index in [9.17, 15) is 9.59 Å². The Morgan fingerprint density at radius 1 is 1.41 bits per heavy atom. The summed E-state index contributed by atoms with van der Waals surface area (Å²) in [5, 5.41) is 3.54. The monoisotopic (exact) mass is 303 g/mol. The fraction of sp³-hybridized carbons (Fsp3) is 0.562. The minimum absolute atomic E-state index is 0.000932. The number of furan rings is 1. The van der Waals surface area contributed by atoms with Gasteiger partial charge in [0.2, 0.25) is 11.6 Å². The molecule has 118 valence electrons. The van der Waals surface area contributed by atoms with Crippen molar-refractivity contribution < 1.29 is 9.21 Å². The molecule has 1 aliphatic carbocycles. The van der Waals surface area contributed by atoms with Gasteiger partial charge in [0, 0.05) is 24.6 Å². The number of fused-ring (bicyclic) bond motifs is 1. The maximum atomic E-state index is 12.5. The van der Waals surface area contributed by atoms with E-state index in [-0.39, 0.29) is 11.5 Å². The number of rotatable bonds is 4. The van der Waals surface area contributed by atoms with Crippen LogP contribution in [0.1, 0.15) is 43.4 Å². The number of aryl methyl sites for hydroxylation is 3. The van der Waals surface area contributed by atoms with Gasteiger partial charge in [-0.25, -0.2) is 4.98 Å². The van der Waals surface area contributed by atoms with E-state index in [0.29, 0.717) is 35.9 Å². The zero-order chi connectivity index (χ0) is 15.7. The van der Waals surface area contributed by atoms with Crippen molar-refractivity contribution in [3.63, 3.8) is 0 Å². The lowest BCUT2D eigenvalue weighted by atomic mass is 10.2. The number of amides is 1. The van der Waals surface area contributed by atoms with Gasteiger partial charge in [-0.3, -0.25) is 14.2 Å². The van der Waals surface area contributed by atoms with Crippen LogP contribution in [0.5, 0.6) is 0 Å². The molecule has 0 saturated heterocycles. The summed E-state index contributed by atoms with van der Waals surface area (Å²) in [6, 6.07) is 0.309. The molecule has 0 aliphatic heterocycles. The van der Waals surface area contributed by atoms with Crippen LogP contribution in [0.25, 0.3) is 11.1 Å². The van der Waals surface area contributed by atoms with Gasteiger partial charge in [-0.15, -0.1) is 0 Å². The van der Waals surface area contributed by atoms with Gasteiger partial charge in [-0.05, 0) is 26.7 Å². The number of aromatic nitrogens is 2. The lowest BCUT2D eigenvalue weighted by molar-refractivity contribution is -0.122. The summed E-state index contributed by atoms with van der Waals surface area (Å²) < 4.78 is 6.93. The summed E-state index contributed by atoms with van der Waals surface area (Å²) in [6.07, 6.45) is 6.24. The molecule has 1 amide bonds. The zero-order valence-electron chi connectivity index (χ0n) is 13.0. The Hall–Kier alpha value is -2.11. The van der Waals surface area contributed by atoms with Crippen molar-refractivity contribution in [3.8, 4) is 0 Å². The highest BCUT2D eigenvalue weighted by Crippen LogP contribution is 2.19. The van der Waals surface area contributed by atoms with E-state index in [0.717, 1.165) is 18.4 Å². The van der Waals surface area contributed by atoms with Crippen LogP contribution in [0.4, 0.5) is 0 Å². The van der Waals surface area contributed by atoms with Gasteiger partial charge in [0.05, 0.1) is 0 Å². The van der Waals surface area contributed by atoms with E-state index in [1.54, 1.807) is 0 Å². The number of hydrogen-bond donors (Lipinski definition) is 1. The maximum absolute atomic E-state index is 12.5. The summed E-state index contributed by atoms with van der Waals surface area (Å²) >= 11 is 0. The third-order valence-electron chi connectivity index (χ3n) is 4.46. The van der Waals surface area contributed by atoms with Crippen molar-refractivity contribution in [1.82, 2.24) is 14.9 Å². The van der Waals surface area contributed by atoms with E-state index in [4.69, 9.17) is 4.42 Å². The van der Waals surface area contributed by atoms with Crippen LogP contribution in [-0.2, 0) is 11.3 Å². The second-order valence-corrected chi connectivity index (χ2v) is 6.01. The Balaban J connectivity index is 1.71. The van der Waals surface area contributed by atoms with E-state index in [2.05, 4.69) is 10.3 Å². The van der Waals surface area contributed by atoms with Crippen LogP contribution in [0.15, 0.2) is 15.5 Å². The molecule has 1 N–H and O–H groups in total. The standard InChI is InChI=1S/C16H21N3O3/c1-10-11(2)22-15-14(10)16(21)19(9-17-15)8-7-13(20)18-12-5-3-4-6-12/h9,12H,3-8H2,1-2H3,(H,18,20). The average Bonchev–Trinajstić information content (AvgIpc) is 3.08. The fourth-order valence-electron chi connectivity index (χ4n) is 3.02. The fourth-order valence-corrected chi connectivity index (χ4v) is 3.02. The summed E-state index contributed by atoms with van der Waals surface area (Å²) in [7, 11) is 0. The molecule has 22 heavy (non-hydrogen) atoms. The van der Waals surface area contributed by atoms with Crippen LogP contribution < -0.4 is 10.9 Å². The zero-order valence-corrected chi connectivity index (χ0v) is 13.0. The van der Waals surface area contributed by atoms with Crippen molar-refractivity contribution in [2.75, 3.05) is 0 Å². The minimum atomic E-state index is -0.145. The minimum Gasteiger partial charge on any atom is -0.443 e. The molecule has 2 heterocycles. The topological polar surface area (TPSA) is 77.1 Å². The van der Waals surface area contributed by atoms with Crippen molar-refractivity contribution >= 4 is 17.0 Å². The molecular weight excluding hydrogens is 282 g/mol. The average molecular weight is 303 g/mol. The van der Waals surface area contributed by atoms with Gasteiger partial charge in [0.1, 0.15) is 17.5 Å². The van der Waals surface area contributed by atoms with E-state index in [1.807, 2.05) is 13.8 Å². The largest absolute Gasteiger partial charge is 0.443 e. The number of nitrogens with zero attached hydrogens (tertiary/aromatic N) is 2. The van der Waals surface area contributed by atoms with Crippen LogP contribution in [0.2, 0.25) is 0 Å². The molecule has 0 radical (unpaired) electrons. The van der Waals surface area contributed by atoms with Crippen LogP contribution in [0, 0.1) is 13.8 Å². The molecule has 1 fully saturated rings. The highest BCUT2D eigenvalue weighted by atomic mass is 16.3. The van der Waals surface area contributed by atoms with Gasteiger partial charge >= 0.3 is 0 Å². The molecule has 2 aromatic heterocycles. The smallest absolute Gasteiger partial charge is 0.264 e. The van der Waals surface area contributed by atoms with Gasteiger partial charge in [-0.1, -0.05) is 12.8 Å². The lowest BCUT2D eigenvalue weighted by Gasteiger charge is -2.12. The van der Waals surface area contributed by atoms with Gasteiger partial charge in [0.15, 0.2) is 0 Å². The first-order valence-corrected chi connectivity index (χ1v) is 7.81. The summed E-state index contributed by atoms with van der Waals surface area (Å²) in [4.78, 5) is 28.6. The van der Waals surface area contributed by atoms with Crippen molar-refractivity contribution in [3.05, 3.63) is 28.0 Å². The summed E-state index contributed by atoms with van der Waals surface area (Å²) in [6.45, 7) is 4.00. The molecule has 2 aromatic rings. The first kappa shape index (κ1) is 14.8. The van der Waals surface area contributed by atoms with E-state index in [1.165, 1.54) is 23.7 Å². The lowest BCUT2D eigenvalue weighted by Crippen LogP contribution is -2.34. The number of carbonyl (C=O) groups is 1. The summed E-state index contributed by atoms with van der Waals surface area (Å²) in [5.41, 5.74) is 1.04. The molecule has 0 aromatic carbocycles. The number of hydrogen-bond acceptors (Lipinski definition) is 4. The Labute approximate surface area is 128 Å². The third-order valence-corrected chi connectivity index (χ3v) is 4.46. The molecule has 1 saturated carbocycles. The molecule has 6 nitrogen and oxygen atoms in total. The van der Waals surface area contributed by atoms with Crippen molar-refractivity contribution in [2.24, 2.45) is 0 Å². The van der Waals surface area contributed by atoms with Gasteiger partial charge < -0.3 is 9.73 Å². The highest BCUT2D eigenvalue weighted by Gasteiger charge is 2.18. The Bertz CT molecular complexity index is 754. The molecule has 3 rings (SSSR count). The molecule has 1 aliphatic rings. The normalized spacial score (nSPS) is 15.5.